The van der Waals surface area contributed by atoms with E-state index in [-0.39, 0.29) is 5.69 Å². The van der Waals surface area contributed by atoms with E-state index >= 15 is 0 Å². The van der Waals surface area contributed by atoms with E-state index < -0.39 is 29.0 Å². The first-order valence-corrected chi connectivity index (χ1v) is 6.79. The third-order valence-corrected chi connectivity index (χ3v) is 2.91. The predicted octanol–water partition coefficient (Wildman–Crippen LogP) is 2.89. The van der Waals surface area contributed by atoms with Crippen molar-refractivity contribution in [3.8, 4) is 5.75 Å². The third kappa shape index (κ3) is 3.97. The van der Waals surface area contributed by atoms with E-state index in [1.807, 2.05) is 6.92 Å². The molecule has 0 N–H and O–H groups in total. The number of aromatic nitrogens is 2. The quantitative estimate of drug-likeness (QED) is 0.640. The molecule has 5 nitrogen and oxygen atoms in total. The zero-order valence-corrected chi connectivity index (χ0v) is 12.1. The standard InChI is InChI=1S/C15H13F3N2O3/c1-2-9-20-13(21)8-7-11(19-20)14(22)23-12-6-4-3-5-10(12)15(16,17)18/h3-8H,2,9H2,1H3. The average Bonchev–Trinajstić information content (AvgIpc) is 2.49. The number of nitrogens with zero attached hydrogens (tertiary/aromatic N) is 2. The van der Waals surface area contributed by atoms with Gasteiger partial charge in [0.2, 0.25) is 0 Å². The van der Waals surface area contributed by atoms with Crippen LogP contribution < -0.4 is 10.3 Å². The van der Waals surface area contributed by atoms with Crippen molar-refractivity contribution < 1.29 is 22.7 Å². The van der Waals surface area contributed by atoms with Crippen molar-refractivity contribution in [2.24, 2.45) is 0 Å². The van der Waals surface area contributed by atoms with Crippen LogP contribution in [-0.2, 0) is 12.7 Å². The summed E-state index contributed by atoms with van der Waals surface area (Å²) in [6, 6.07) is 6.61. The van der Waals surface area contributed by atoms with Crippen LogP contribution in [0.1, 0.15) is 29.4 Å². The summed E-state index contributed by atoms with van der Waals surface area (Å²) >= 11 is 0. The molecule has 1 heterocycles. The van der Waals surface area contributed by atoms with Gasteiger partial charge in [0.1, 0.15) is 5.75 Å². The largest absolute Gasteiger partial charge is 0.421 e. The Morgan fingerprint density at radius 2 is 1.91 bits per heavy atom. The van der Waals surface area contributed by atoms with Gasteiger partial charge in [-0.15, -0.1) is 0 Å². The Bertz CT molecular complexity index is 769. The normalized spacial score (nSPS) is 11.3. The molecule has 0 aliphatic rings. The van der Waals surface area contributed by atoms with Gasteiger partial charge in [-0.05, 0) is 24.6 Å². The number of alkyl halides is 3. The number of benzene rings is 1. The van der Waals surface area contributed by atoms with Crippen LogP contribution in [-0.4, -0.2) is 15.7 Å². The Morgan fingerprint density at radius 1 is 1.22 bits per heavy atom. The average molecular weight is 326 g/mol. The highest BCUT2D eigenvalue weighted by atomic mass is 19.4. The van der Waals surface area contributed by atoms with Gasteiger partial charge in [0.05, 0.1) is 5.56 Å². The summed E-state index contributed by atoms with van der Waals surface area (Å²) in [7, 11) is 0. The summed E-state index contributed by atoms with van der Waals surface area (Å²) in [6.07, 6.45) is -4.03. The number of para-hydroxylation sites is 1. The van der Waals surface area contributed by atoms with Crippen molar-refractivity contribution in [3.05, 3.63) is 58.0 Å². The Balaban J connectivity index is 2.30. The van der Waals surface area contributed by atoms with Crippen molar-refractivity contribution in [2.45, 2.75) is 26.1 Å². The summed E-state index contributed by atoms with van der Waals surface area (Å²) in [5.41, 5.74) is -1.70. The summed E-state index contributed by atoms with van der Waals surface area (Å²) in [6.45, 7) is 2.11. The number of aryl methyl sites for hydroxylation is 1. The van der Waals surface area contributed by atoms with Crippen molar-refractivity contribution in [2.75, 3.05) is 0 Å². The molecule has 0 bridgehead atoms. The van der Waals surface area contributed by atoms with Gasteiger partial charge in [-0.2, -0.15) is 18.3 Å². The van der Waals surface area contributed by atoms with Crippen molar-refractivity contribution in [1.29, 1.82) is 0 Å². The molecule has 0 aliphatic carbocycles. The molecule has 8 heteroatoms. The molecular weight excluding hydrogens is 313 g/mol. The second-order valence-corrected chi connectivity index (χ2v) is 4.66. The van der Waals surface area contributed by atoms with E-state index in [9.17, 15) is 22.8 Å². The van der Waals surface area contributed by atoms with E-state index in [4.69, 9.17) is 4.74 Å². The van der Waals surface area contributed by atoms with Crippen LogP contribution in [0.5, 0.6) is 5.75 Å². The number of hydrogen-bond donors (Lipinski definition) is 0. The summed E-state index contributed by atoms with van der Waals surface area (Å²) < 4.78 is 44.5. The number of hydrogen-bond acceptors (Lipinski definition) is 4. The van der Waals surface area contributed by atoms with Crippen LogP contribution in [0.15, 0.2) is 41.2 Å². The van der Waals surface area contributed by atoms with Crippen LogP contribution in [0.25, 0.3) is 0 Å². The fourth-order valence-corrected chi connectivity index (χ4v) is 1.87. The minimum Gasteiger partial charge on any atom is -0.421 e. The second kappa shape index (κ2) is 6.64. The lowest BCUT2D eigenvalue weighted by molar-refractivity contribution is -0.138. The summed E-state index contributed by atoms with van der Waals surface area (Å²) in [4.78, 5) is 23.5. The predicted molar refractivity (Wildman–Crippen MR) is 75.2 cm³/mol. The maximum Gasteiger partial charge on any atom is 0.419 e. The van der Waals surface area contributed by atoms with Crippen LogP contribution in [0.2, 0.25) is 0 Å². The van der Waals surface area contributed by atoms with Crippen LogP contribution in [0.3, 0.4) is 0 Å². The number of rotatable bonds is 4. The first-order valence-electron chi connectivity index (χ1n) is 6.79. The minimum atomic E-state index is -4.65. The van der Waals surface area contributed by atoms with Gasteiger partial charge in [-0.25, -0.2) is 9.48 Å². The number of esters is 1. The zero-order valence-electron chi connectivity index (χ0n) is 12.1. The maximum atomic E-state index is 12.9. The molecule has 2 aromatic rings. The topological polar surface area (TPSA) is 61.2 Å². The molecule has 0 unspecified atom stereocenters. The molecule has 0 aliphatic heterocycles. The zero-order chi connectivity index (χ0) is 17.0. The fraction of sp³-hybridized carbons (Fsp3) is 0.267. The highest BCUT2D eigenvalue weighted by molar-refractivity contribution is 5.88. The van der Waals surface area contributed by atoms with Gasteiger partial charge < -0.3 is 4.74 Å². The molecule has 1 aromatic carbocycles. The molecule has 122 valence electrons. The SMILES string of the molecule is CCCn1nc(C(=O)Oc2ccccc2C(F)(F)F)ccc1=O. The van der Waals surface area contributed by atoms with Gasteiger partial charge in [-0.3, -0.25) is 4.79 Å². The van der Waals surface area contributed by atoms with Crippen LogP contribution in [0.4, 0.5) is 13.2 Å². The van der Waals surface area contributed by atoms with Crippen molar-refractivity contribution in [1.82, 2.24) is 9.78 Å². The van der Waals surface area contributed by atoms with E-state index in [2.05, 4.69) is 5.10 Å². The molecular formula is C15H13F3N2O3. The highest BCUT2D eigenvalue weighted by Gasteiger charge is 2.34. The Kier molecular flexibility index (Phi) is 4.83. The van der Waals surface area contributed by atoms with E-state index in [1.54, 1.807) is 0 Å². The number of halogens is 3. The van der Waals surface area contributed by atoms with Gasteiger partial charge in [0.25, 0.3) is 5.56 Å². The second-order valence-electron chi connectivity index (χ2n) is 4.66. The van der Waals surface area contributed by atoms with E-state index in [1.165, 1.54) is 12.1 Å². The smallest absolute Gasteiger partial charge is 0.419 e. The lowest BCUT2D eigenvalue weighted by atomic mass is 10.2. The van der Waals surface area contributed by atoms with E-state index in [0.29, 0.717) is 13.0 Å². The molecule has 23 heavy (non-hydrogen) atoms. The Morgan fingerprint density at radius 3 is 2.57 bits per heavy atom. The lowest BCUT2D eigenvalue weighted by Gasteiger charge is -2.12. The Hall–Kier alpha value is -2.64. The first-order chi connectivity index (χ1) is 10.8. The monoisotopic (exact) mass is 326 g/mol. The molecule has 0 saturated carbocycles. The molecule has 0 radical (unpaired) electrons. The minimum absolute atomic E-state index is 0.241. The highest BCUT2D eigenvalue weighted by Crippen LogP contribution is 2.36. The molecule has 1 aromatic heterocycles. The molecule has 0 fully saturated rings. The van der Waals surface area contributed by atoms with Crippen molar-refractivity contribution in [3.63, 3.8) is 0 Å². The number of carbonyl (C=O) groups excluding carboxylic acids is 1. The first kappa shape index (κ1) is 16.7. The number of carbonyl (C=O) groups is 1. The molecule has 0 amide bonds. The van der Waals surface area contributed by atoms with Gasteiger partial charge in [0, 0.05) is 12.6 Å². The third-order valence-electron chi connectivity index (χ3n) is 2.91. The lowest BCUT2D eigenvalue weighted by Crippen LogP contribution is -2.25. The van der Waals surface area contributed by atoms with Gasteiger partial charge in [-0.1, -0.05) is 19.1 Å². The molecule has 2 rings (SSSR count). The van der Waals surface area contributed by atoms with E-state index in [0.717, 1.165) is 28.9 Å². The number of ether oxygens (including phenoxy) is 1. The molecule has 0 spiro atoms. The molecule has 0 atom stereocenters. The maximum absolute atomic E-state index is 12.9. The Labute approximate surface area is 129 Å². The fourth-order valence-electron chi connectivity index (χ4n) is 1.87. The van der Waals surface area contributed by atoms with Crippen LogP contribution >= 0.6 is 0 Å². The van der Waals surface area contributed by atoms with Crippen LogP contribution in [0, 0.1) is 0 Å². The van der Waals surface area contributed by atoms with Gasteiger partial charge >= 0.3 is 12.1 Å². The van der Waals surface area contributed by atoms with Gasteiger partial charge in [0.15, 0.2) is 5.69 Å². The summed E-state index contributed by atoms with van der Waals surface area (Å²) in [5, 5.41) is 3.80. The summed E-state index contributed by atoms with van der Waals surface area (Å²) in [5.74, 6) is -1.67. The molecule has 0 saturated heterocycles. The van der Waals surface area contributed by atoms with Crippen molar-refractivity contribution >= 4 is 5.97 Å².